The molecule has 140 valence electrons. The second-order valence-corrected chi connectivity index (χ2v) is 6.09. The van der Waals surface area contributed by atoms with Gasteiger partial charge in [0.15, 0.2) is 0 Å². The van der Waals surface area contributed by atoms with E-state index in [4.69, 9.17) is 28.0 Å². The molecule has 0 amide bonds. The highest BCUT2D eigenvalue weighted by molar-refractivity contribution is 7.79. The van der Waals surface area contributed by atoms with E-state index in [0.29, 0.717) is 0 Å². The predicted molar refractivity (Wildman–Crippen MR) is 91.1 cm³/mol. The number of phenols is 1. The largest absolute Gasteiger partial charge is 0.508 e. The van der Waals surface area contributed by atoms with Crippen molar-refractivity contribution in [1.29, 1.82) is 0 Å². The first-order chi connectivity index (χ1) is 12.0. The van der Waals surface area contributed by atoms with Crippen molar-refractivity contribution in [1.82, 2.24) is 14.5 Å². The van der Waals surface area contributed by atoms with Gasteiger partial charge < -0.3 is 25.1 Å². The van der Waals surface area contributed by atoms with Crippen LogP contribution in [0.2, 0.25) is 0 Å². The number of aryl methyl sites for hydroxylation is 1. The summed E-state index contributed by atoms with van der Waals surface area (Å²) in [4.78, 5) is 18.9. The van der Waals surface area contributed by atoms with E-state index < -0.39 is 16.4 Å². The number of H-pyrrole nitrogens is 1. The number of esters is 1. The molecule has 3 rings (SSSR count). The van der Waals surface area contributed by atoms with E-state index in [2.05, 4.69) is 9.97 Å². The predicted octanol–water partition coefficient (Wildman–Crippen LogP) is 0.684. The minimum atomic E-state index is -4.67. The van der Waals surface area contributed by atoms with Gasteiger partial charge in [-0.05, 0) is 23.8 Å². The molecule has 26 heavy (non-hydrogen) atoms. The molecule has 0 aliphatic rings. The number of hydrogen-bond acceptors (Lipinski definition) is 7. The number of nitrogens with one attached hydrogen (secondary N) is 1. The highest BCUT2D eigenvalue weighted by Gasteiger charge is 2.13. The number of aromatic nitrogens is 3. The van der Waals surface area contributed by atoms with Crippen LogP contribution in [0.15, 0.2) is 30.6 Å². The number of fused-ring (bicyclic) bond motifs is 1. The first-order valence-corrected chi connectivity index (χ1v) is 8.41. The lowest BCUT2D eigenvalue weighted by atomic mass is 10.1. The Hall–Kier alpha value is -3.09. The Balaban J connectivity index is 0.000000431. The minimum Gasteiger partial charge on any atom is -0.508 e. The second kappa shape index (κ2) is 7.43. The summed E-state index contributed by atoms with van der Waals surface area (Å²) in [5.74, 6) is 0.143. The van der Waals surface area contributed by atoms with Gasteiger partial charge in [-0.25, -0.2) is 0 Å². The average Bonchev–Trinajstić information content (AvgIpc) is 3.01. The molecule has 3 aromatic rings. The maximum atomic E-state index is 11.9. The Kier molecular flexibility index (Phi) is 5.50. The van der Waals surface area contributed by atoms with E-state index in [-0.39, 0.29) is 24.0 Å². The zero-order chi connectivity index (χ0) is 19.5. The van der Waals surface area contributed by atoms with Crippen LogP contribution in [0, 0.1) is 0 Å². The van der Waals surface area contributed by atoms with Crippen molar-refractivity contribution >= 4 is 33.2 Å². The van der Waals surface area contributed by atoms with Gasteiger partial charge in [-0.15, -0.1) is 0 Å². The van der Waals surface area contributed by atoms with Crippen LogP contribution in [-0.4, -0.2) is 43.1 Å². The van der Waals surface area contributed by atoms with E-state index in [1.165, 1.54) is 6.20 Å². The maximum absolute atomic E-state index is 11.9. The van der Waals surface area contributed by atoms with Gasteiger partial charge in [-0.2, -0.15) is 13.4 Å². The first-order valence-electron chi connectivity index (χ1n) is 7.01. The van der Waals surface area contributed by atoms with Gasteiger partial charge in [-0.3, -0.25) is 13.9 Å². The third kappa shape index (κ3) is 5.47. The smallest absolute Gasteiger partial charge is 0.394 e. The van der Waals surface area contributed by atoms with Crippen LogP contribution < -0.4 is 10.5 Å². The van der Waals surface area contributed by atoms with Crippen molar-refractivity contribution < 1.29 is 32.2 Å². The molecule has 0 radical (unpaired) electrons. The summed E-state index contributed by atoms with van der Waals surface area (Å²) in [6.45, 7) is 0. The quantitative estimate of drug-likeness (QED) is 0.320. The summed E-state index contributed by atoms with van der Waals surface area (Å²) in [7, 11) is -2.96. The second-order valence-electron chi connectivity index (χ2n) is 5.19. The molecule has 11 nitrogen and oxygen atoms in total. The van der Waals surface area contributed by atoms with E-state index >= 15 is 0 Å². The van der Waals surface area contributed by atoms with Crippen LogP contribution in [-0.2, 0) is 28.7 Å². The number of aromatic amines is 1. The fourth-order valence-electron chi connectivity index (χ4n) is 2.12. The summed E-state index contributed by atoms with van der Waals surface area (Å²) in [6.07, 6.45) is 3.33. The third-order valence-corrected chi connectivity index (χ3v) is 3.19. The number of phenolic OH excluding ortho intramolecular Hbond substituents is 1. The third-order valence-electron chi connectivity index (χ3n) is 3.19. The zero-order valence-electron chi connectivity index (χ0n) is 13.4. The molecule has 6 N–H and O–H groups in total. The topological polar surface area (TPSA) is 181 Å². The molecule has 0 bridgehead atoms. The number of ether oxygens (including phenoxy) is 1. The monoisotopic (exact) mass is 384 g/mol. The summed E-state index contributed by atoms with van der Waals surface area (Å²) in [5.41, 5.74) is 7.16. The number of imidazole rings is 1. The molecule has 0 saturated heterocycles. The Bertz CT molecular complexity index is 1010. The maximum Gasteiger partial charge on any atom is 0.394 e. The molecular formula is C14H16N4O7S. The van der Waals surface area contributed by atoms with E-state index in [0.717, 1.165) is 16.5 Å². The van der Waals surface area contributed by atoms with E-state index in [1.807, 2.05) is 0 Å². The van der Waals surface area contributed by atoms with Crippen LogP contribution in [0.3, 0.4) is 0 Å². The number of aromatic hydroxyl groups is 1. The van der Waals surface area contributed by atoms with Gasteiger partial charge in [-0.1, -0.05) is 0 Å². The van der Waals surface area contributed by atoms with Crippen LogP contribution in [0.25, 0.3) is 10.9 Å². The molecule has 0 saturated carbocycles. The lowest BCUT2D eigenvalue weighted by Gasteiger charge is -2.00. The fourth-order valence-corrected chi connectivity index (χ4v) is 2.12. The van der Waals surface area contributed by atoms with Crippen LogP contribution in [0.5, 0.6) is 11.6 Å². The van der Waals surface area contributed by atoms with Crippen LogP contribution in [0.4, 0.5) is 5.95 Å². The summed E-state index contributed by atoms with van der Waals surface area (Å²) in [6, 6.07) is 4.93. The summed E-state index contributed by atoms with van der Waals surface area (Å²) < 4.78 is 38.3. The Morgan fingerprint density at radius 1 is 1.38 bits per heavy atom. The summed E-state index contributed by atoms with van der Waals surface area (Å²) >= 11 is 0. The van der Waals surface area contributed by atoms with Gasteiger partial charge in [0, 0.05) is 24.1 Å². The molecule has 0 aliphatic heterocycles. The lowest BCUT2D eigenvalue weighted by Crippen LogP contribution is -2.11. The molecule has 0 aliphatic carbocycles. The molecule has 12 heteroatoms. The highest BCUT2D eigenvalue weighted by atomic mass is 32.3. The molecule has 0 fully saturated rings. The number of nitrogens with two attached hydrogens (primary N) is 1. The number of carbonyl (C=O) groups is 1. The van der Waals surface area contributed by atoms with Crippen molar-refractivity contribution in [3.05, 3.63) is 36.2 Å². The highest BCUT2D eigenvalue weighted by Crippen LogP contribution is 2.23. The van der Waals surface area contributed by atoms with E-state index in [1.54, 1.807) is 36.0 Å². The molecule has 1 aromatic carbocycles. The Morgan fingerprint density at radius 3 is 2.62 bits per heavy atom. The van der Waals surface area contributed by atoms with Gasteiger partial charge in [0.2, 0.25) is 11.8 Å². The van der Waals surface area contributed by atoms with Crippen molar-refractivity contribution in [2.24, 2.45) is 7.05 Å². The SMILES string of the molecule is Cn1cc(OC(=O)Cc2c[nH]c3ccc(O)cc23)nc1N.O=S(=O)(O)O. The molecule has 2 aromatic heterocycles. The minimum absolute atomic E-state index is 0.0694. The van der Waals surface area contributed by atoms with Gasteiger partial charge in [0.05, 0.1) is 12.6 Å². The number of rotatable bonds is 3. The van der Waals surface area contributed by atoms with Gasteiger partial charge in [0.1, 0.15) is 5.75 Å². The Labute approximate surface area is 147 Å². The molecular weight excluding hydrogens is 368 g/mol. The van der Waals surface area contributed by atoms with Crippen LogP contribution >= 0.6 is 0 Å². The van der Waals surface area contributed by atoms with Gasteiger partial charge >= 0.3 is 16.4 Å². The summed E-state index contributed by atoms with van der Waals surface area (Å²) in [5, 5.41) is 10.3. The number of nitrogen functional groups attached to an aromatic ring is 1. The standard InChI is InChI=1S/C14H14N4O3.H2O4S/c1-18-7-12(17-14(18)15)21-13(20)4-8-6-16-11-3-2-9(19)5-10(8)11;1-5(2,3)4/h2-3,5-7,16,19H,4H2,1H3,(H2,15,17);(H2,1,2,3,4). The van der Waals surface area contributed by atoms with E-state index in [9.17, 15) is 9.90 Å². The van der Waals surface area contributed by atoms with Gasteiger partial charge in [0.25, 0.3) is 0 Å². The number of hydrogen-bond donors (Lipinski definition) is 5. The molecule has 2 heterocycles. The zero-order valence-corrected chi connectivity index (χ0v) is 14.3. The number of benzene rings is 1. The molecule has 0 spiro atoms. The number of anilines is 1. The molecule has 0 atom stereocenters. The molecule has 0 unspecified atom stereocenters. The fraction of sp³-hybridized carbons (Fsp3) is 0.143. The Morgan fingerprint density at radius 2 is 2.04 bits per heavy atom. The number of nitrogens with zero attached hydrogens (tertiary/aromatic N) is 2. The van der Waals surface area contributed by atoms with Crippen molar-refractivity contribution in [2.75, 3.05) is 5.73 Å². The normalized spacial score (nSPS) is 11.0. The number of carbonyl (C=O) groups excluding carboxylic acids is 1. The van der Waals surface area contributed by atoms with Crippen molar-refractivity contribution in [2.45, 2.75) is 6.42 Å². The first kappa shape index (κ1) is 19.2. The van der Waals surface area contributed by atoms with Crippen molar-refractivity contribution in [3.8, 4) is 11.6 Å². The van der Waals surface area contributed by atoms with Crippen LogP contribution in [0.1, 0.15) is 5.56 Å². The van der Waals surface area contributed by atoms with Crippen molar-refractivity contribution in [3.63, 3.8) is 0 Å². The average molecular weight is 384 g/mol. The lowest BCUT2D eigenvalue weighted by molar-refractivity contribution is -0.133.